The number of hydrogen-bond donors (Lipinski definition) is 2. The van der Waals surface area contributed by atoms with Gasteiger partial charge in [0.2, 0.25) is 0 Å². The summed E-state index contributed by atoms with van der Waals surface area (Å²) < 4.78 is 19.4. The van der Waals surface area contributed by atoms with Gasteiger partial charge in [0.15, 0.2) is 0 Å². The van der Waals surface area contributed by atoms with E-state index in [1.54, 1.807) is 6.07 Å². The van der Waals surface area contributed by atoms with E-state index in [0.717, 1.165) is 10.2 Å². The quantitative estimate of drug-likeness (QED) is 0.637. The summed E-state index contributed by atoms with van der Waals surface area (Å²) in [5, 5.41) is 0. The van der Waals surface area contributed by atoms with Gasteiger partial charge in [-0.3, -0.25) is 8.14 Å². The van der Waals surface area contributed by atoms with E-state index in [2.05, 4.69) is 8.14 Å². The van der Waals surface area contributed by atoms with E-state index in [9.17, 15) is 4.39 Å². The van der Waals surface area contributed by atoms with E-state index in [1.807, 2.05) is 0 Å². The van der Waals surface area contributed by atoms with Crippen molar-refractivity contribution in [3.63, 3.8) is 0 Å². The van der Waals surface area contributed by atoms with Crippen LogP contribution in [0.4, 0.5) is 4.39 Å². The molecule has 2 rings (SSSR count). The van der Waals surface area contributed by atoms with Crippen LogP contribution in [0.2, 0.25) is 0 Å². The summed E-state index contributed by atoms with van der Waals surface area (Å²) in [6, 6.07) is 4.67. The summed E-state index contributed by atoms with van der Waals surface area (Å²) in [6.45, 7) is 0. The van der Waals surface area contributed by atoms with E-state index < -0.39 is 0 Å². The molecule has 1 heterocycles. The Labute approximate surface area is 70.4 Å². The van der Waals surface area contributed by atoms with Gasteiger partial charge in [-0.1, -0.05) is 0 Å². The minimum atomic E-state index is -0.202. The minimum absolute atomic E-state index is 0.202. The monoisotopic (exact) mass is 188 g/mol. The topological polar surface area (TPSA) is 31.6 Å². The van der Waals surface area contributed by atoms with E-state index in [-0.39, 0.29) is 5.82 Å². The molecule has 0 aliphatic rings. The number of nitrogens with one attached hydrogen (secondary N) is 2. The lowest BCUT2D eigenvalue weighted by molar-refractivity contribution is 0.630. The van der Waals surface area contributed by atoms with Crippen molar-refractivity contribution in [2.45, 2.75) is 0 Å². The van der Waals surface area contributed by atoms with Crippen molar-refractivity contribution in [2.75, 3.05) is 0 Å². The Morgan fingerprint density at radius 2 is 2.27 bits per heavy atom. The highest BCUT2D eigenvalue weighted by atomic mass is 32.2. The summed E-state index contributed by atoms with van der Waals surface area (Å²) in [4.78, 5) is 0. The predicted octanol–water partition coefficient (Wildman–Crippen LogP) is 2.88. The van der Waals surface area contributed by atoms with Crippen LogP contribution < -0.4 is 0 Å². The Bertz CT molecular complexity index is 393. The first kappa shape index (κ1) is 6.87. The number of H-pyrrole nitrogens is 2. The van der Waals surface area contributed by atoms with Gasteiger partial charge in [0, 0.05) is 11.7 Å². The Hall–Kier alpha value is -0.810. The molecule has 5 heteroatoms. The number of benzene rings is 1. The number of aromatic amines is 2. The molecule has 0 aliphatic carbocycles. The van der Waals surface area contributed by atoms with Crippen molar-refractivity contribution >= 4 is 33.5 Å². The molecule has 0 saturated heterocycles. The normalized spacial score (nSPS) is 10.3. The zero-order chi connectivity index (χ0) is 7.68. The SMILES string of the molecule is Fc1ccc2[nH]s[nH]sc2c1. The number of halogens is 1. The van der Waals surface area contributed by atoms with E-state index in [1.165, 1.54) is 35.4 Å². The average Bonchev–Trinajstić information content (AvgIpc) is 2.04. The molecule has 0 spiro atoms. The molecule has 58 valence electrons. The highest BCUT2D eigenvalue weighted by Crippen LogP contribution is 2.15. The molecular formula is C6H5FN2S2. The molecule has 2 aromatic rings. The first-order valence-electron chi connectivity index (χ1n) is 2.99. The van der Waals surface area contributed by atoms with Gasteiger partial charge in [-0.25, -0.2) is 4.39 Å². The molecule has 0 unspecified atom stereocenters. The lowest BCUT2D eigenvalue weighted by Crippen LogP contribution is -1.75. The fourth-order valence-corrected chi connectivity index (χ4v) is 2.25. The Morgan fingerprint density at radius 3 is 3.18 bits per heavy atom. The minimum Gasteiger partial charge on any atom is -0.295 e. The smallest absolute Gasteiger partial charge is 0.124 e. The molecule has 2 nitrogen and oxygen atoms in total. The maximum atomic E-state index is 12.6. The fraction of sp³-hybridized carbons (Fsp3) is 0. The highest BCUT2D eigenvalue weighted by Gasteiger charge is 1.94. The third-order valence-electron chi connectivity index (χ3n) is 1.30. The second-order valence-corrected chi connectivity index (χ2v) is 3.75. The Morgan fingerprint density at radius 1 is 1.36 bits per heavy atom. The zero-order valence-corrected chi connectivity index (χ0v) is 7.06. The average molecular weight is 188 g/mol. The van der Waals surface area contributed by atoms with Crippen molar-refractivity contribution in [3.05, 3.63) is 24.0 Å². The maximum Gasteiger partial charge on any atom is 0.124 e. The van der Waals surface area contributed by atoms with Crippen molar-refractivity contribution in [2.24, 2.45) is 0 Å². The second kappa shape index (κ2) is 2.67. The van der Waals surface area contributed by atoms with Crippen LogP contribution in [-0.2, 0) is 0 Å². The summed E-state index contributed by atoms with van der Waals surface area (Å²) in [6.07, 6.45) is 0. The van der Waals surface area contributed by atoms with Gasteiger partial charge < -0.3 is 0 Å². The van der Waals surface area contributed by atoms with Crippen LogP contribution in [0.15, 0.2) is 18.2 Å². The van der Waals surface area contributed by atoms with Crippen LogP contribution in [0.1, 0.15) is 0 Å². The van der Waals surface area contributed by atoms with Gasteiger partial charge in [0.05, 0.1) is 10.2 Å². The molecule has 0 aliphatic heterocycles. The number of fused-ring (bicyclic) bond motifs is 1. The molecule has 0 amide bonds. The van der Waals surface area contributed by atoms with Crippen molar-refractivity contribution in [1.29, 1.82) is 0 Å². The van der Waals surface area contributed by atoms with Crippen LogP contribution in [-0.4, -0.2) is 8.14 Å². The van der Waals surface area contributed by atoms with E-state index in [0.29, 0.717) is 0 Å². The number of rotatable bonds is 0. The fourth-order valence-electron chi connectivity index (χ4n) is 0.806. The van der Waals surface area contributed by atoms with Gasteiger partial charge in [0.1, 0.15) is 5.82 Å². The lowest BCUT2D eigenvalue weighted by Gasteiger charge is -1.94. The number of hydrogen-bond acceptors (Lipinski definition) is 2. The van der Waals surface area contributed by atoms with Gasteiger partial charge in [0.25, 0.3) is 0 Å². The van der Waals surface area contributed by atoms with Crippen LogP contribution in [0.5, 0.6) is 0 Å². The molecule has 0 bridgehead atoms. The van der Waals surface area contributed by atoms with Gasteiger partial charge in [-0.2, -0.15) is 0 Å². The highest BCUT2D eigenvalue weighted by molar-refractivity contribution is 7.20. The van der Waals surface area contributed by atoms with Gasteiger partial charge in [-0.05, 0) is 29.7 Å². The Balaban J connectivity index is 2.83. The third kappa shape index (κ3) is 1.29. The van der Waals surface area contributed by atoms with E-state index in [4.69, 9.17) is 0 Å². The van der Waals surface area contributed by atoms with Crippen LogP contribution in [0.3, 0.4) is 0 Å². The largest absolute Gasteiger partial charge is 0.295 e. The van der Waals surface area contributed by atoms with Crippen molar-refractivity contribution in [3.8, 4) is 0 Å². The molecule has 0 saturated carbocycles. The second-order valence-electron chi connectivity index (χ2n) is 2.03. The maximum absolute atomic E-state index is 12.6. The van der Waals surface area contributed by atoms with Crippen LogP contribution >= 0.6 is 23.3 Å². The Kier molecular flexibility index (Phi) is 1.67. The van der Waals surface area contributed by atoms with Crippen LogP contribution in [0, 0.1) is 5.82 Å². The molecule has 1 aromatic carbocycles. The van der Waals surface area contributed by atoms with Crippen molar-refractivity contribution < 1.29 is 4.39 Å². The molecule has 11 heavy (non-hydrogen) atoms. The summed E-state index contributed by atoms with van der Waals surface area (Å²) in [5.74, 6) is -0.202. The third-order valence-corrected chi connectivity index (χ3v) is 2.84. The standard InChI is InChI=1S/C6H5FN2S2/c7-4-1-2-5-6(3-4)10-9-11-8-5/h1-3,8-9H. The van der Waals surface area contributed by atoms with Crippen molar-refractivity contribution in [1.82, 2.24) is 8.14 Å². The summed E-state index contributed by atoms with van der Waals surface area (Å²) >= 11 is 2.80. The first-order chi connectivity index (χ1) is 5.36. The molecule has 0 atom stereocenters. The summed E-state index contributed by atoms with van der Waals surface area (Å²) in [7, 11) is 0. The first-order valence-corrected chi connectivity index (χ1v) is 4.63. The number of aromatic nitrogens is 2. The molecule has 0 radical (unpaired) electrons. The molecule has 1 aromatic heterocycles. The zero-order valence-electron chi connectivity index (χ0n) is 5.43. The molecule has 2 N–H and O–H groups in total. The summed E-state index contributed by atoms with van der Waals surface area (Å²) in [5.41, 5.74) is 0.958. The van der Waals surface area contributed by atoms with Crippen LogP contribution in [0.25, 0.3) is 10.2 Å². The lowest BCUT2D eigenvalue weighted by atomic mass is 10.3. The molecular weight excluding hydrogens is 183 g/mol. The van der Waals surface area contributed by atoms with Gasteiger partial charge in [-0.15, -0.1) is 0 Å². The molecule has 0 fully saturated rings. The van der Waals surface area contributed by atoms with E-state index >= 15 is 0 Å². The van der Waals surface area contributed by atoms with Gasteiger partial charge >= 0.3 is 0 Å². The predicted molar refractivity (Wildman–Crippen MR) is 46.0 cm³/mol.